The van der Waals surface area contributed by atoms with Crippen molar-refractivity contribution >= 4 is 34.0 Å². The van der Waals surface area contributed by atoms with Crippen LogP contribution in [0.3, 0.4) is 0 Å². The molecule has 0 N–H and O–H groups in total. The van der Waals surface area contributed by atoms with Gasteiger partial charge in [-0.2, -0.15) is 0 Å². The summed E-state index contributed by atoms with van der Waals surface area (Å²) in [5.74, 6) is 1.01. The van der Waals surface area contributed by atoms with Crippen molar-refractivity contribution in [1.29, 1.82) is 0 Å². The first kappa shape index (κ1) is 11.0. The Hall–Kier alpha value is -0.120. The maximum atomic E-state index is 11.2. The van der Waals surface area contributed by atoms with Gasteiger partial charge >= 0.3 is 0 Å². The van der Waals surface area contributed by atoms with Gasteiger partial charge in [0.05, 0.1) is 21.5 Å². The van der Waals surface area contributed by atoms with Crippen LogP contribution in [0, 0.1) is 0 Å². The minimum atomic E-state index is -0.885. The van der Waals surface area contributed by atoms with E-state index in [0.29, 0.717) is 27.2 Å². The molecule has 0 fully saturated rings. The van der Waals surface area contributed by atoms with E-state index in [4.69, 9.17) is 23.2 Å². The van der Waals surface area contributed by atoms with Gasteiger partial charge < -0.3 is 0 Å². The average molecular weight is 238 g/mol. The highest BCUT2D eigenvalue weighted by molar-refractivity contribution is 7.84. The molecule has 1 heterocycles. The predicted molar refractivity (Wildman–Crippen MR) is 56.6 cm³/mol. The molecule has 1 aromatic heterocycles. The molecule has 72 valence electrons. The van der Waals surface area contributed by atoms with Crippen molar-refractivity contribution in [3.8, 4) is 0 Å². The van der Waals surface area contributed by atoms with Crippen LogP contribution in [0.15, 0.2) is 12.3 Å². The van der Waals surface area contributed by atoms with Crippen LogP contribution in [0.1, 0.15) is 12.6 Å². The van der Waals surface area contributed by atoms with Crippen LogP contribution in [-0.2, 0) is 16.6 Å². The average Bonchev–Trinajstić information content (AvgIpc) is 2.09. The number of nitrogens with zero attached hydrogens (tertiary/aromatic N) is 1. The number of aromatic nitrogens is 1. The first-order valence-electron chi connectivity index (χ1n) is 3.78. The maximum Gasteiger partial charge on any atom is 0.0715 e. The molecule has 1 unspecified atom stereocenters. The Bertz CT molecular complexity index is 330. The Kier molecular flexibility index (Phi) is 4.16. The van der Waals surface area contributed by atoms with Gasteiger partial charge in [-0.3, -0.25) is 9.19 Å². The second kappa shape index (κ2) is 4.94. The number of rotatable bonds is 3. The minimum absolute atomic E-state index is 0.395. The van der Waals surface area contributed by atoms with Crippen LogP contribution >= 0.6 is 23.2 Å². The number of pyridine rings is 1. The lowest BCUT2D eigenvalue weighted by Gasteiger charge is -2.01. The van der Waals surface area contributed by atoms with Crippen molar-refractivity contribution in [3.05, 3.63) is 28.0 Å². The molecular weight excluding hydrogens is 229 g/mol. The van der Waals surface area contributed by atoms with E-state index in [1.165, 1.54) is 6.20 Å². The molecule has 2 nitrogen and oxygen atoms in total. The van der Waals surface area contributed by atoms with Gasteiger partial charge in [0.15, 0.2) is 0 Å². The van der Waals surface area contributed by atoms with E-state index in [2.05, 4.69) is 4.98 Å². The number of hydrogen-bond donors (Lipinski definition) is 0. The summed E-state index contributed by atoms with van der Waals surface area (Å²) < 4.78 is 11.2. The number of hydrogen-bond acceptors (Lipinski definition) is 2. The van der Waals surface area contributed by atoms with Crippen molar-refractivity contribution in [2.24, 2.45) is 0 Å². The summed E-state index contributed by atoms with van der Waals surface area (Å²) >= 11 is 11.5. The minimum Gasteiger partial charge on any atom is -0.259 e. The van der Waals surface area contributed by atoms with Crippen LogP contribution in [-0.4, -0.2) is 14.9 Å². The lowest BCUT2D eigenvalue weighted by Crippen LogP contribution is -2.00. The second-order valence-electron chi connectivity index (χ2n) is 2.45. The van der Waals surface area contributed by atoms with Crippen LogP contribution < -0.4 is 0 Å². The van der Waals surface area contributed by atoms with Crippen LogP contribution in [0.4, 0.5) is 0 Å². The zero-order chi connectivity index (χ0) is 9.84. The van der Waals surface area contributed by atoms with E-state index in [1.807, 2.05) is 6.92 Å². The van der Waals surface area contributed by atoms with Crippen LogP contribution in [0.5, 0.6) is 0 Å². The summed E-state index contributed by atoms with van der Waals surface area (Å²) in [4.78, 5) is 4.01. The van der Waals surface area contributed by atoms with Gasteiger partial charge in [0, 0.05) is 22.7 Å². The van der Waals surface area contributed by atoms with Gasteiger partial charge in [-0.25, -0.2) is 0 Å². The molecule has 0 aliphatic carbocycles. The molecule has 0 bridgehead atoms. The maximum absolute atomic E-state index is 11.2. The van der Waals surface area contributed by atoms with Crippen molar-refractivity contribution in [3.63, 3.8) is 0 Å². The van der Waals surface area contributed by atoms with E-state index in [9.17, 15) is 4.21 Å². The quantitative estimate of drug-likeness (QED) is 0.810. The summed E-state index contributed by atoms with van der Waals surface area (Å²) in [6, 6.07) is 1.61. The summed E-state index contributed by atoms with van der Waals surface area (Å²) in [7, 11) is -0.885. The topological polar surface area (TPSA) is 30.0 Å². The summed E-state index contributed by atoms with van der Waals surface area (Å²) in [6.07, 6.45) is 1.51. The van der Waals surface area contributed by atoms with E-state index < -0.39 is 10.8 Å². The third kappa shape index (κ3) is 3.25. The SMILES string of the molecule is CCS(=O)Cc1ncc(Cl)cc1Cl. The Morgan fingerprint density at radius 3 is 2.77 bits per heavy atom. The van der Waals surface area contributed by atoms with Gasteiger partial charge in [0.2, 0.25) is 0 Å². The Balaban J connectivity index is 2.83. The molecule has 0 spiro atoms. The van der Waals surface area contributed by atoms with Crippen molar-refractivity contribution in [1.82, 2.24) is 4.98 Å². The van der Waals surface area contributed by atoms with Crippen molar-refractivity contribution < 1.29 is 4.21 Å². The molecule has 0 amide bonds. The van der Waals surface area contributed by atoms with Gasteiger partial charge in [0.1, 0.15) is 0 Å². The molecule has 1 rings (SSSR count). The fourth-order valence-electron chi connectivity index (χ4n) is 0.804. The van der Waals surface area contributed by atoms with Crippen LogP contribution in [0.25, 0.3) is 0 Å². The second-order valence-corrected chi connectivity index (χ2v) is 5.04. The lowest BCUT2D eigenvalue weighted by molar-refractivity contribution is 0.683. The molecule has 1 atom stereocenters. The van der Waals surface area contributed by atoms with Gasteiger partial charge in [0.25, 0.3) is 0 Å². The first-order valence-corrected chi connectivity index (χ1v) is 6.02. The zero-order valence-electron chi connectivity index (χ0n) is 7.09. The molecule has 0 radical (unpaired) electrons. The highest BCUT2D eigenvalue weighted by atomic mass is 35.5. The van der Waals surface area contributed by atoms with E-state index in [-0.39, 0.29) is 0 Å². The molecule has 0 saturated carbocycles. The van der Waals surface area contributed by atoms with Gasteiger partial charge in [-0.1, -0.05) is 30.1 Å². The molecule has 0 aliphatic heterocycles. The van der Waals surface area contributed by atoms with Crippen molar-refractivity contribution in [2.75, 3.05) is 5.75 Å². The fourth-order valence-corrected chi connectivity index (χ4v) is 2.07. The molecule has 0 saturated heterocycles. The third-order valence-electron chi connectivity index (χ3n) is 1.50. The highest BCUT2D eigenvalue weighted by Crippen LogP contribution is 2.19. The van der Waals surface area contributed by atoms with Gasteiger partial charge in [-0.15, -0.1) is 0 Å². The van der Waals surface area contributed by atoms with E-state index in [1.54, 1.807) is 6.07 Å². The van der Waals surface area contributed by atoms with Crippen molar-refractivity contribution in [2.45, 2.75) is 12.7 Å². The van der Waals surface area contributed by atoms with Gasteiger partial charge in [-0.05, 0) is 6.07 Å². The molecule has 5 heteroatoms. The zero-order valence-corrected chi connectivity index (χ0v) is 9.42. The smallest absolute Gasteiger partial charge is 0.0715 e. The Morgan fingerprint density at radius 1 is 1.54 bits per heavy atom. The largest absolute Gasteiger partial charge is 0.259 e. The molecule has 0 aliphatic rings. The Labute approximate surface area is 89.7 Å². The first-order chi connectivity index (χ1) is 6.13. The lowest BCUT2D eigenvalue weighted by atomic mass is 10.4. The molecule has 13 heavy (non-hydrogen) atoms. The molecule has 0 aromatic carbocycles. The standard InChI is InChI=1S/C8H9Cl2NOS/c1-2-13(12)5-8-7(10)3-6(9)4-11-8/h3-4H,2,5H2,1H3. The summed E-state index contributed by atoms with van der Waals surface area (Å²) in [5.41, 5.74) is 0.645. The van der Waals surface area contributed by atoms with E-state index >= 15 is 0 Å². The summed E-state index contributed by atoms with van der Waals surface area (Å²) in [5, 5.41) is 0.977. The summed E-state index contributed by atoms with van der Waals surface area (Å²) in [6.45, 7) is 1.86. The normalized spacial score (nSPS) is 12.8. The van der Waals surface area contributed by atoms with E-state index in [0.717, 1.165) is 0 Å². The molecule has 1 aromatic rings. The highest BCUT2D eigenvalue weighted by Gasteiger charge is 2.05. The number of halogens is 2. The monoisotopic (exact) mass is 237 g/mol. The predicted octanol–water partition coefficient (Wildman–Crippen LogP) is 2.66. The molecular formula is C8H9Cl2NOS. The Morgan fingerprint density at radius 2 is 2.23 bits per heavy atom. The fraction of sp³-hybridized carbons (Fsp3) is 0.375. The van der Waals surface area contributed by atoms with Crippen LogP contribution in [0.2, 0.25) is 10.0 Å². The third-order valence-corrected chi connectivity index (χ3v) is 3.28.